The number of alkyl halides is 2. The Morgan fingerprint density at radius 3 is 2.52 bits per heavy atom. The van der Waals surface area contributed by atoms with Gasteiger partial charge in [-0.05, 0) is 12.1 Å². The molecule has 1 aliphatic rings. The molecule has 0 saturated carbocycles. The lowest BCUT2D eigenvalue weighted by atomic mass is 10.3. The molecule has 1 saturated heterocycles. The molecule has 0 spiro atoms. The van der Waals surface area contributed by atoms with E-state index in [9.17, 15) is 22.0 Å². The summed E-state index contributed by atoms with van der Waals surface area (Å²) in [6.45, 7) is 2.47. The third kappa shape index (κ3) is 3.97. The van der Waals surface area contributed by atoms with Crippen molar-refractivity contribution in [3.8, 4) is 0 Å². The monoisotopic (exact) mass is 347 g/mol. The highest BCUT2D eigenvalue weighted by atomic mass is 32.2. The van der Waals surface area contributed by atoms with Gasteiger partial charge >= 0.3 is 5.76 Å². The number of hydrogen-bond acceptors (Lipinski definition) is 5. The minimum atomic E-state index is -4.72. The fourth-order valence-corrected chi connectivity index (χ4v) is 3.39. The highest BCUT2D eigenvalue weighted by Crippen LogP contribution is 2.28. The average molecular weight is 347 g/mol. The lowest BCUT2D eigenvalue weighted by Crippen LogP contribution is -2.49. The molecule has 1 aliphatic heterocycles. The summed E-state index contributed by atoms with van der Waals surface area (Å²) in [5, 5.41) is 3.13. The van der Waals surface area contributed by atoms with Crippen LogP contribution in [0, 0.1) is 0 Å². The summed E-state index contributed by atoms with van der Waals surface area (Å²) >= 11 is 0. The van der Waals surface area contributed by atoms with E-state index in [-0.39, 0.29) is 18.1 Å². The molecule has 1 aromatic carbocycles. The molecule has 6 nitrogen and oxygen atoms in total. The Balaban J connectivity index is 2.19. The zero-order chi connectivity index (χ0) is 17.0. The van der Waals surface area contributed by atoms with Gasteiger partial charge < -0.3 is 15.1 Å². The number of piperazine rings is 1. The molecular weight excluding hydrogens is 328 g/mol. The second-order valence-electron chi connectivity index (χ2n) is 5.26. The van der Waals surface area contributed by atoms with Gasteiger partial charge in [0, 0.05) is 33.2 Å². The van der Waals surface area contributed by atoms with Crippen molar-refractivity contribution in [3.63, 3.8) is 0 Å². The van der Waals surface area contributed by atoms with E-state index in [0.29, 0.717) is 26.2 Å². The summed E-state index contributed by atoms with van der Waals surface area (Å²) in [6, 6.07) is 5.47. The average Bonchev–Trinajstić information content (AvgIpc) is 2.55. The van der Waals surface area contributed by atoms with Gasteiger partial charge in [0.15, 0.2) is 0 Å². The Kier molecular flexibility index (Phi) is 5.53. The first kappa shape index (κ1) is 17.6. The van der Waals surface area contributed by atoms with Crippen molar-refractivity contribution >= 4 is 21.4 Å². The zero-order valence-corrected chi connectivity index (χ0v) is 13.5. The van der Waals surface area contributed by atoms with Crippen LogP contribution in [0.2, 0.25) is 0 Å². The first-order chi connectivity index (χ1) is 10.8. The molecule has 9 heteroatoms. The molecule has 1 fully saturated rings. The number of nitrogens with zero attached hydrogens (tertiary/aromatic N) is 2. The number of likely N-dealkylation sites (N-methyl/N-ethyl adjacent to an activating group) is 1. The quantitative estimate of drug-likeness (QED) is 0.842. The molecule has 0 aliphatic carbocycles. The largest absolute Gasteiger partial charge is 0.364 e. The van der Waals surface area contributed by atoms with E-state index in [4.69, 9.17) is 0 Å². The van der Waals surface area contributed by atoms with Crippen LogP contribution >= 0.6 is 0 Å². The van der Waals surface area contributed by atoms with Gasteiger partial charge in [-0.2, -0.15) is 8.78 Å². The highest BCUT2D eigenvalue weighted by Gasteiger charge is 2.30. The first-order valence-electron chi connectivity index (χ1n) is 7.14. The number of carbonyl (C=O) groups is 1. The Morgan fingerprint density at radius 1 is 1.30 bits per heavy atom. The second-order valence-corrected chi connectivity index (χ2v) is 7.15. The predicted octanol–water partition coefficient (Wildman–Crippen LogP) is 0.551. The van der Waals surface area contributed by atoms with Gasteiger partial charge in [0.05, 0.1) is 17.1 Å². The molecular formula is C14H19F2N3O3S. The van der Waals surface area contributed by atoms with Crippen molar-refractivity contribution in [1.82, 2.24) is 10.2 Å². The lowest BCUT2D eigenvalue weighted by molar-refractivity contribution is -0.130. The molecule has 128 valence electrons. The number of rotatable bonds is 5. The van der Waals surface area contributed by atoms with Gasteiger partial charge in [0.1, 0.15) is 0 Å². The van der Waals surface area contributed by atoms with Crippen LogP contribution in [0.3, 0.4) is 0 Å². The van der Waals surface area contributed by atoms with Crippen molar-refractivity contribution in [1.29, 1.82) is 0 Å². The molecule has 0 aromatic heterocycles. The number of para-hydroxylation sites is 1. The zero-order valence-electron chi connectivity index (χ0n) is 12.7. The number of benzene rings is 1. The maximum atomic E-state index is 12.8. The third-order valence-electron chi connectivity index (χ3n) is 3.66. The van der Waals surface area contributed by atoms with Crippen molar-refractivity contribution in [3.05, 3.63) is 24.3 Å². The van der Waals surface area contributed by atoms with E-state index in [1.807, 2.05) is 0 Å². The normalized spacial score (nSPS) is 15.7. The summed E-state index contributed by atoms with van der Waals surface area (Å²) in [5.74, 6) is -3.67. The highest BCUT2D eigenvalue weighted by molar-refractivity contribution is 7.91. The van der Waals surface area contributed by atoms with E-state index in [1.165, 1.54) is 24.1 Å². The van der Waals surface area contributed by atoms with Crippen LogP contribution in [0.5, 0.6) is 0 Å². The van der Waals surface area contributed by atoms with E-state index >= 15 is 0 Å². The summed E-state index contributed by atoms with van der Waals surface area (Å²) in [6.07, 6.45) is 0. The van der Waals surface area contributed by atoms with E-state index in [2.05, 4.69) is 5.32 Å². The lowest BCUT2D eigenvalue weighted by Gasteiger charge is -2.30. The van der Waals surface area contributed by atoms with Gasteiger partial charge in [-0.3, -0.25) is 4.79 Å². The molecule has 0 bridgehead atoms. The topological polar surface area (TPSA) is 69.7 Å². The SMILES string of the molecule is CN(CC(=O)N1CCNCC1)c1ccccc1S(=O)(=O)C(F)F. The van der Waals surface area contributed by atoms with Gasteiger partial charge in [-0.25, -0.2) is 8.42 Å². The number of amides is 1. The molecule has 2 rings (SSSR count). The van der Waals surface area contributed by atoms with Crippen LogP contribution in [0.1, 0.15) is 0 Å². The van der Waals surface area contributed by atoms with Gasteiger partial charge in [0.2, 0.25) is 15.7 Å². The van der Waals surface area contributed by atoms with Crippen molar-refractivity contribution in [2.75, 3.05) is 44.7 Å². The maximum Gasteiger partial charge on any atom is 0.341 e. The van der Waals surface area contributed by atoms with Crippen LogP contribution in [0.25, 0.3) is 0 Å². The Labute approximate surface area is 134 Å². The number of nitrogens with one attached hydrogen (secondary N) is 1. The predicted molar refractivity (Wildman–Crippen MR) is 82.4 cm³/mol. The molecule has 1 aromatic rings. The van der Waals surface area contributed by atoms with Crippen molar-refractivity contribution in [2.45, 2.75) is 10.7 Å². The van der Waals surface area contributed by atoms with E-state index in [0.717, 1.165) is 6.07 Å². The molecule has 23 heavy (non-hydrogen) atoms. The number of carbonyl (C=O) groups excluding carboxylic acids is 1. The summed E-state index contributed by atoms with van der Waals surface area (Å²) in [5.41, 5.74) is 0.0938. The third-order valence-corrected chi connectivity index (χ3v) is 5.09. The fourth-order valence-electron chi connectivity index (χ4n) is 2.41. The standard InChI is InChI=1S/C14H19F2N3O3S/c1-18(10-13(20)19-8-6-17-7-9-19)11-4-2-3-5-12(11)23(21,22)14(15)16/h2-5,14,17H,6-10H2,1H3. The van der Waals surface area contributed by atoms with E-state index < -0.39 is 20.5 Å². The number of halogens is 2. The van der Waals surface area contributed by atoms with Crippen LogP contribution in [0.4, 0.5) is 14.5 Å². The van der Waals surface area contributed by atoms with Crippen molar-refractivity contribution < 1.29 is 22.0 Å². The molecule has 1 heterocycles. The summed E-state index contributed by atoms with van der Waals surface area (Å²) in [4.78, 5) is 14.8. The van der Waals surface area contributed by atoms with Crippen LogP contribution in [0.15, 0.2) is 29.2 Å². The molecule has 0 atom stereocenters. The van der Waals surface area contributed by atoms with Crippen LogP contribution in [-0.2, 0) is 14.6 Å². The molecule has 1 amide bonds. The van der Waals surface area contributed by atoms with E-state index in [1.54, 1.807) is 11.0 Å². The Morgan fingerprint density at radius 2 is 1.91 bits per heavy atom. The second kappa shape index (κ2) is 7.22. The molecule has 0 unspecified atom stereocenters. The van der Waals surface area contributed by atoms with Gasteiger partial charge in [-0.15, -0.1) is 0 Å². The molecule has 0 radical (unpaired) electrons. The number of hydrogen-bond donors (Lipinski definition) is 1. The number of sulfone groups is 1. The molecule has 1 N–H and O–H groups in total. The fraction of sp³-hybridized carbons (Fsp3) is 0.500. The summed E-state index contributed by atoms with van der Waals surface area (Å²) in [7, 11) is -3.21. The van der Waals surface area contributed by atoms with Crippen LogP contribution < -0.4 is 10.2 Å². The Hall–Kier alpha value is -1.74. The summed E-state index contributed by atoms with van der Waals surface area (Å²) < 4.78 is 49.1. The first-order valence-corrected chi connectivity index (χ1v) is 8.69. The maximum absolute atomic E-state index is 12.8. The smallest absolute Gasteiger partial charge is 0.341 e. The Bertz CT molecular complexity index is 661. The van der Waals surface area contributed by atoms with Gasteiger partial charge in [0.25, 0.3) is 0 Å². The van der Waals surface area contributed by atoms with Crippen molar-refractivity contribution in [2.24, 2.45) is 0 Å². The van der Waals surface area contributed by atoms with Gasteiger partial charge in [-0.1, -0.05) is 12.1 Å². The number of anilines is 1. The minimum Gasteiger partial charge on any atom is -0.364 e. The van der Waals surface area contributed by atoms with Crippen LogP contribution in [-0.4, -0.2) is 64.8 Å². The minimum absolute atomic E-state index is 0.0736.